The molecule has 1 aliphatic rings. The van der Waals surface area contributed by atoms with Crippen LogP contribution in [0, 0.1) is 11.6 Å². The lowest BCUT2D eigenvalue weighted by atomic mass is 9.76. The molecule has 178 valence electrons. The zero-order chi connectivity index (χ0) is 24.9. The highest BCUT2D eigenvalue weighted by Crippen LogP contribution is 2.40. The van der Waals surface area contributed by atoms with Gasteiger partial charge in [-0.3, -0.25) is 9.59 Å². The molecule has 0 radical (unpaired) electrons. The van der Waals surface area contributed by atoms with Gasteiger partial charge >= 0.3 is 5.97 Å². The van der Waals surface area contributed by atoms with Crippen LogP contribution in [0.5, 0.6) is 0 Å². The molecule has 0 heterocycles. The molecule has 0 saturated carbocycles. The first-order valence-corrected chi connectivity index (χ1v) is 10.4. The van der Waals surface area contributed by atoms with E-state index in [9.17, 15) is 28.3 Å². The molecular formula is C24H24F2N4O4. The van der Waals surface area contributed by atoms with Crippen molar-refractivity contribution >= 4 is 29.2 Å². The van der Waals surface area contributed by atoms with E-state index in [1.807, 2.05) is 0 Å². The molecule has 0 fully saturated rings. The monoisotopic (exact) mass is 470 g/mol. The highest BCUT2D eigenvalue weighted by atomic mass is 19.1. The van der Waals surface area contributed by atoms with Gasteiger partial charge in [0.2, 0.25) is 11.8 Å². The Bertz CT molecular complexity index is 1160. The summed E-state index contributed by atoms with van der Waals surface area (Å²) in [6, 6.07) is 10.9. The first-order valence-electron chi connectivity index (χ1n) is 10.4. The highest BCUT2D eigenvalue weighted by molar-refractivity contribution is 6.04. The SMILES string of the molecule is NC(=O)CCCC1(Nc2ccc(F)cc2)CC(C(=O)O)=C(C(N)=O)C=C1Nc1ccc(F)cc1. The Morgan fingerprint density at radius 3 is 2.00 bits per heavy atom. The quantitative estimate of drug-likeness (QED) is 0.361. The van der Waals surface area contributed by atoms with Crippen LogP contribution in [0.25, 0.3) is 0 Å². The second-order valence-corrected chi connectivity index (χ2v) is 7.96. The van der Waals surface area contributed by atoms with E-state index in [-0.39, 0.29) is 36.8 Å². The van der Waals surface area contributed by atoms with Gasteiger partial charge in [0.05, 0.1) is 16.7 Å². The van der Waals surface area contributed by atoms with Crippen molar-refractivity contribution in [2.45, 2.75) is 31.2 Å². The van der Waals surface area contributed by atoms with Gasteiger partial charge in [0.15, 0.2) is 0 Å². The molecule has 7 N–H and O–H groups in total. The van der Waals surface area contributed by atoms with Crippen LogP contribution in [0.3, 0.4) is 0 Å². The number of nitrogens with two attached hydrogens (primary N) is 2. The Hall–Kier alpha value is -4.21. The number of hydrogen-bond donors (Lipinski definition) is 5. The number of carbonyl (C=O) groups excluding carboxylic acids is 2. The fourth-order valence-electron chi connectivity index (χ4n) is 3.89. The number of amides is 2. The summed E-state index contributed by atoms with van der Waals surface area (Å²) in [7, 11) is 0. The van der Waals surface area contributed by atoms with Gasteiger partial charge in [-0.05, 0) is 67.4 Å². The predicted molar refractivity (Wildman–Crippen MR) is 122 cm³/mol. The summed E-state index contributed by atoms with van der Waals surface area (Å²) in [5.41, 5.74) is 10.5. The third-order valence-corrected chi connectivity index (χ3v) is 5.51. The second kappa shape index (κ2) is 10.2. The fraction of sp³-hybridized carbons (Fsp3) is 0.208. The Kier molecular flexibility index (Phi) is 7.30. The molecular weight excluding hydrogens is 446 g/mol. The van der Waals surface area contributed by atoms with Gasteiger partial charge in [-0.15, -0.1) is 0 Å². The van der Waals surface area contributed by atoms with Crippen molar-refractivity contribution in [3.05, 3.63) is 83.1 Å². The van der Waals surface area contributed by atoms with E-state index < -0.39 is 35.0 Å². The molecule has 0 bridgehead atoms. The van der Waals surface area contributed by atoms with Crippen LogP contribution in [0.1, 0.15) is 25.7 Å². The topological polar surface area (TPSA) is 148 Å². The summed E-state index contributed by atoms with van der Waals surface area (Å²) < 4.78 is 26.9. The van der Waals surface area contributed by atoms with Crippen molar-refractivity contribution in [2.75, 3.05) is 10.6 Å². The first kappa shape index (κ1) is 24.4. The Morgan fingerprint density at radius 2 is 1.50 bits per heavy atom. The normalized spacial score (nSPS) is 17.6. The first-order chi connectivity index (χ1) is 16.1. The molecule has 0 aliphatic heterocycles. The van der Waals surface area contributed by atoms with Crippen LogP contribution in [-0.2, 0) is 14.4 Å². The number of halogens is 2. The molecule has 0 aromatic heterocycles. The summed E-state index contributed by atoms with van der Waals surface area (Å²) >= 11 is 0. The number of rotatable bonds is 10. The molecule has 3 rings (SSSR count). The van der Waals surface area contributed by atoms with Crippen molar-refractivity contribution < 1.29 is 28.3 Å². The maximum absolute atomic E-state index is 13.5. The molecule has 1 atom stereocenters. The van der Waals surface area contributed by atoms with Crippen LogP contribution in [0.4, 0.5) is 20.2 Å². The number of aliphatic carboxylic acids is 1. The van der Waals surface area contributed by atoms with E-state index in [4.69, 9.17) is 11.5 Å². The Morgan fingerprint density at radius 1 is 0.941 bits per heavy atom. The molecule has 2 aromatic rings. The van der Waals surface area contributed by atoms with Crippen LogP contribution in [0.15, 0.2) is 71.5 Å². The third-order valence-electron chi connectivity index (χ3n) is 5.51. The van der Waals surface area contributed by atoms with Crippen LogP contribution >= 0.6 is 0 Å². The largest absolute Gasteiger partial charge is 0.478 e. The minimum atomic E-state index is -1.33. The van der Waals surface area contributed by atoms with Gasteiger partial charge in [-0.25, -0.2) is 13.6 Å². The van der Waals surface area contributed by atoms with Crippen LogP contribution in [-0.4, -0.2) is 28.4 Å². The molecule has 2 aromatic carbocycles. The van der Waals surface area contributed by atoms with Crippen molar-refractivity contribution in [1.29, 1.82) is 0 Å². The summed E-state index contributed by atoms with van der Waals surface area (Å²) in [5.74, 6) is -3.70. The van der Waals surface area contributed by atoms with Gasteiger partial charge in [0.1, 0.15) is 11.6 Å². The minimum Gasteiger partial charge on any atom is -0.478 e. The van der Waals surface area contributed by atoms with Crippen molar-refractivity contribution in [2.24, 2.45) is 11.5 Å². The maximum Gasteiger partial charge on any atom is 0.332 e. The standard InChI is InChI=1S/C24H24F2N4O4/c25-14-3-7-16(8-4-14)29-20-12-18(22(28)32)19(23(33)34)13-24(20,11-1-2-21(27)31)30-17-9-5-15(26)6-10-17/h3-10,12,29-30H,1-2,11,13H2,(H2,27,31)(H2,28,32)(H,33,34). The summed E-state index contributed by atoms with van der Waals surface area (Å²) in [6.07, 6.45) is 1.68. The summed E-state index contributed by atoms with van der Waals surface area (Å²) in [4.78, 5) is 35.5. The average Bonchev–Trinajstić information content (AvgIpc) is 2.77. The number of carboxylic acids is 1. The van der Waals surface area contributed by atoms with E-state index in [0.29, 0.717) is 17.1 Å². The number of benzene rings is 2. The van der Waals surface area contributed by atoms with Gasteiger partial charge in [0.25, 0.3) is 0 Å². The lowest BCUT2D eigenvalue weighted by Gasteiger charge is -2.41. The van der Waals surface area contributed by atoms with Crippen molar-refractivity contribution in [1.82, 2.24) is 0 Å². The average molecular weight is 470 g/mol. The molecule has 10 heteroatoms. The number of hydrogen-bond acceptors (Lipinski definition) is 5. The van der Waals surface area contributed by atoms with Crippen molar-refractivity contribution in [3.8, 4) is 0 Å². The maximum atomic E-state index is 13.5. The zero-order valence-electron chi connectivity index (χ0n) is 18.1. The lowest BCUT2D eigenvalue weighted by molar-refractivity contribution is -0.133. The molecule has 1 unspecified atom stereocenters. The van der Waals surface area contributed by atoms with E-state index in [1.165, 1.54) is 54.6 Å². The summed E-state index contributed by atoms with van der Waals surface area (Å²) in [5, 5.41) is 16.2. The number of primary amides is 2. The molecule has 34 heavy (non-hydrogen) atoms. The fourth-order valence-corrected chi connectivity index (χ4v) is 3.89. The van der Waals surface area contributed by atoms with Gasteiger partial charge in [-0.2, -0.15) is 0 Å². The van der Waals surface area contributed by atoms with E-state index in [1.54, 1.807) is 0 Å². The minimum absolute atomic E-state index is 0.0332. The second-order valence-electron chi connectivity index (χ2n) is 7.96. The molecule has 0 saturated heterocycles. The van der Waals surface area contributed by atoms with E-state index in [0.717, 1.165) is 0 Å². The molecule has 8 nitrogen and oxygen atoms in total. The van der Waals surface area contributed by atoms with Crippen molar-refractivity contribution in [3.63, 3.8) is 0 Å². The highest BCUT2D eigenvalue weighted by Gasteiger charge is 2.41. The van der Waals surface area contributed by atoms with E-state index in [2.05, 4.69) is 10.6 Å². The Balaban J connectivity index is 2.13. The number of anilines is 2. The number of carbonyl (C=O) groups is 3. The smallest absolute Gasteiger partial charge is 0.332 e. The number of carboxylic acid groups (broad SMARTS) is 1. The number of nitrogens with one attached hydrogen (secondary N) is 2. The predicted octanol–water partition coefficient (Wildman–Crippen LogP) is 3.04. The summed E-state index contributed by atoms with van der Waals surface area (Å²) in [6.45, 7) is 0. The molecule has 2 amide bonds. The Labute approximate surface area is 194 Å². The lowest BCUT2D eigenvalue weighted by Crippen LogP contribution is -2.47. The van der Waals surface area contributed by atoms with Gasteiger partial charge in [-0.1, -0.05) is 0 Å². The van der Waals surface area contributed by atoms with Gasteiger partial charge in [0, 0.05) is 29.9 Å². The third kappa shape index (κ3) is 5.77. The van der Waals surface area contributed by atoms with Crippen LogP contribution in [0.2, 0.25) is 0 Å². The van der Waals surface area contributed by atoms with Crippen LogP contribution < -0.4 is 22.1 Å². The van der Waals surface area contributed by atoms with Gasteiger partial charge < -0.3 is 27.2 Å². The van der Waals surface area contributed by atoms with E-state index >= 15 is 0 Å². The zero-order valence-corrected chi connectivity index (χ0v) is 18.1. The molecule has 1 aliphatic carbocycles. The molecule has 0 spiro atoms.